The van der Waals surface area contributed by atoms with E-state index in [1.807, 2.05) is 11.6 Å². The summed E-state index contributed by atoms with van der Waals surface area (Å²) >= 11 is 0. The van der Waals surface area contributed by atoms with Crippen LogP contribution in [0.3, 0.4) is 0 Å². The number of nitro groups is 1. The Bertz CT molecular complexity index is 657. The number of aromatic nitrogens is 3. The molecule has 96 valence electrons. The molecular weight excluding hydrogens is 248 g/mol. The lowest BCUT2D eigenvalue weighted by Gasteiger charge is -2.05. The Morgan fingerprint density at radius 2 is 2.37 bits per heavy atom. The van der Waals surface area contributed by atoms with Gasteiger partial charge < -0.3 is 9.88 Å². The molecule has 2 heterocycles. The molecule has 8 nitrogen and oxygen atoms in total. The molecule has 0 aliphatic rings. The van der Waals surface area contributed by atoms with Gasteiger partial charge in [0.05, 0.1) is 11.5 Å². The van der Waals surface area contributed by atoms with Crippen molar-refractivity contribution in [2.45, 2.75) is 6.54 Å². The molecule has 19 heavy (non-hydrogen) atoms. The summed E-state index contributed by atoms with van der Waals surface area (Å²) in [5.41, 5.74) is -0.514. The average molecular weight is 258 g/mol. The van der Waals surface area contributed by atoms with Gasteiger partial charge in [-0.15, -0.1) is 0 Å². The zero-order chi connectivity index (χ0) is 13.8. The molecule has 2 rings (SSSR count). The van der Waals surface area contributed by atoms with Crippen LogP contribution in [-0.2, 0) is 13.6 Å². The lowest BCUT2D eigenvalue weighted by Crippen LogP contribution is -2.07. The fourth-order valence-electron chi connectivity index (χ4n) is 1.52. The van der Waals surface area contributed by atoms with Crippen LogP contribution in [-0.4, -0.2) is 19.5 Å². The first-order valence-electron chi connectivity index (χ1n) is 5.37. The van der Waals surface area contributed by atoms with Crippen molar-refractivity contribution in [3.8, 4) is 6.07 Å². The van der Waals surface area contributed by atoms with E-state index >= 15 is 0 Å². The zero-order valence-corrected chi connectivity index (χ0v) is 10.1. The molecule has 0 aliphatic carbocycles. The number of aryl methyl sites for hydroxylation is 1. The number of hydrogen-bond acceptors (Lipinski definition) is 6. The minimum absolute atomic E-state index is 0.213. The SMILES string of the molecule is Cn1ccnc1CNc1ccc([N+](=O)[O-])c(C#N)n1. The van der Waals surface area contributed by atoms with Crippen molar-refractivity contribution in [1.82, 2.24) is 14.5 Å². The molecule has 0 saturated heterocycles. The smallest absolute Gasteiger partial charge is 0.305 e. The maximum atomic E-state index is 10.7. The summed E-state index contributed by atoms with van der Waals surface area (Å²) in [6, 6.07) is 4.42. The Hall–Kier alpha value is -2.95. The van der Waals surface area contributed by atoms with Crippen LogP contribution >= 0.6 is 0 Å². The van der Waals surface area contributed by atoms with E-state index in [9.17, 15) is 10.1 Å². The van der Waals surface area contributed by atoms with Gasteiger partial charge in [-0.1, -0.05) is 0 Å². The monoisotopic (exact) mass is 258 g/mol. The molecule has 0 spiro atoms. The van der Waals surface area contributed by atoms with E-state index in [1.165, 1.54) is 12.1 Å². The highest BCUT2D eigenvalue weighted by Crippen LogP contribution is 2.18. The first-order valence-corrected chi connectivity index (χ1v) is 5.37. The van der Waals surface area contributed by atoms with Crippen LogP contribution < -0.4 is 5.32 Å². The Labute approximate surface area is 108 Å². The van der Waals surface area contributed by atoms with Crippen LogP contribution in [0.2, 0.25) is 0 Å². The Morgan fingerprint density at radius 3 is 2.95 bits per heavy atom. The molecule has 0 saturated carbocycles. The third-order valence-corrected chi connectivity index (χ3v) is 2.53. The van der Waals surface area contributed by atoms with Gasteiger partial charge in [-0.25, -0.2) is 9.97 Å². The quantitative estimate of drug-likeness (QED) is 0.651. The highest BCUT2D eigenvalue weighted by atomic mass is 16.6. The Kier molecular flexibility index (Phi) is 3.38. The second-order valence-corrected chi connectivity index (χ2v) is 3.74. The summed E-state index contributed by atoms with van der Waals surface area (Å²) in [5.74, 6) is 1.18. The van der Waals surface area contributed by atoms with Crippen molar-refractivity contribution in [2.24, 2.45) is 7.05 Å². The molecule has 2 aromatic rings. The first kappa shape index (κ1) is 12.5. The number of nitrogens with zero attached hydrogens (tertiary/aromatic N) is 5. The number of hydrogen-bond donors (Lipinski definition) is 1. The maximum Gasteiger partial charge on any atom is 0.305 e. The summed E-state index contributed by atoms with van der Waals surface area (Å²) in [7, 11) is 1.86. The standard InChI is InChI=1S/C11H10N6O2/c1-16-5-4-13-11(16)7-14-10-3-2-9(17(18)19)8(6-12)15-10/h2-5H,7H2,1H3,(H,14,15). The predicted molar refractivity (Wildman–Crippen MR) is 66.1 cm³/mol. The average Bonchev–Trinajstić information content (AvgIpc) is 2.81. The molecule has 0 atom stereocenters. The van der Waals surface area contributed by atoms with Crippen molar-refractivity contribution in [1.29, 1.82) is 5.26 Å². The summed E-state index contributed by atoms with van der Waals surface area (Å²) in [6.45, 7) is 0.416. The van der Waals surface area contributed by atoms with E-state index in [1.54, 1.807) is 18.5 Å². The van der Waals surface area contributed by atoms with Gasteiger partial charge in [-0.3, -0.25) is 10.1 Å². The van der Waals surface area contributed by atoms with Crippen molar-refractivity contribution >= 4 is 11.5 Å². The molecule has 0 fully saturated rings. The third kappa shape index (κ3) is 2.66. The van der Waals surface area contributed by atoms with Crippen LogP contribution in [0.15, 0.2) is 24.5 Å². The highest BCUT2D eigenvalue weighted by molar-refractivity contribution is 5.50. The zero-order valence-electron chi connectivity index (χ0n) is 10.1. The van der Waals surface area contributed by atoms with Crippen LogP contribution in [0.25, 0.3) is 0 Å². The number of rotatable bonds is 4. The number of imidazole rings is 1. The summed E-state index contributed by atoms with van der Waals surface area (Å²) in [4.78, 5) is 18.0. The molecule has 0 amide bonds. The lowest BCUT2D eigenvalue weighted by atomic mass is 10.3. The van der Waals surface area contributed by atoms with Gasteiger partial charge in [0.2, 0.25) is 5.69 Å². The van der Waals surface area contributed by atoms with Crippen LogP contribution in [0, 0.1) is 21.4 Å². The molecule has 0 radical (unpaired) electrons. The van der Waals surface area contributed by atoms with Gasteiger partial charge in [0.1, 0.15) is 17.7 Å². The van der Waals surface area contributed by atoms with E-state index < -0.39 is 4.92 Å². The van der Waals surface area contributed by atoms with Gasteiger partial charge in [-0.05, 0) is 6.07 Å². The van der Waals surface area contributed by atoms with Gasteiger partial charge >= 0.3 is 5.69 Å². The molecule has 0 aromatic carbocycles. The molecule has 2 aromatic heterocycles. The summed E-state index contributed by atoms with van der Waals surface area (Å²) in [6.07, 6.45) is 3.47. The number of nitriles is 1. The topological polar surface area (TPSA) is 110 Å². The predicted octanol–water partition coefficient (Wildman–Crippen LogP) is 1.21. The number of anilines is 1. The van der Waals surface area contributed by atoms with Crippen molar-refractivity contribution in [3.63, 3.8) is 0 Å². The first-order chi connectivity index (χ1) is 9.11. The normalized spacial score (nSPS) is 9.89. The number of nitrogens with one attached hydrogen (secondary N) is 1. The molecule has 1 N–H and O–H groups in total. The third-order valence-electron chi connectivity index (χ3n) is 2.53. The minimum Gasteiger partial charge on any atom is -0.363 e. The van der Waals surface area contributed by atoms with Crippen molar-refractivity contribution in [2.75, 3.05) is 5.32 Å². The molecule has 0 bridgehead atoms. The van der Waals surface area contributed by atoms with E-state index in [-0.39, 0.29) is 11.4 Å². The molecular formula is C11H10N6O2. The lowest BCUT2D eigenvalue weighted by molar-refractivity contribution is -0.385. The second kappa shape index (κ2) is 5.14. The van der Waals surface area contributed by atoms with E-state index in [2.05, 4.69) is 15.3 Å². The summed E-state index contributed by atoms with van der Waals surface area (Å²) < 4.78 is 1.84. The maximum absolute atomic E-state index is 10.7. The van der Waals surface area contributed by atoms with Crippen molar-refractivity contribution < 1.29 is 4.92 Å². The minimum atomic E-state index is -0.631. The highest BCUT2D eigenvalue weighted by Gasteiger charge is 2.15. The van der Waals surface area contributed by atoms with Gasteiger partial charge in [0.15, 0.2) is 0 Å². The van der Waals surface area contributed by atoms with Gasteiger partial charge in [0, 0.05) is 25.5 Å². The molecule has 8 heteroatoms. The van der Waals surface area contributed by atoms with Crippen LogP contribution in [0.4, 0.5) is 11.5 Å². The fourth-order valence-corrected chi connectivity index (χ4v) is 1.52. The van der Waals surface area contributed by atoms with Crippen LogP contribution in [0.5, 0.6) is 0 Å². The van der Waals surface area contributed by atoms with E-state index in [4.69, 9.17) is 5.26 Å². The van der Waals surface area contributed by atoms with Crippen LogP contribution in [0.1, 0.15) is 11.5 Å². The van der Waals surface area contributed by atoms with E-state index in [0.717, 1.165) is 5.82 Å². The fraction of sp³-hybridized carbons (Fsp3) is 0.182. The van der Waals surface area contributed by atoms with E-state index in [0.29, 0.717) is 12.4 Å². The molecule has 0 unspecified atom stereocenters. The largest absolute Gasteiger partial charge is 0.363 e. The number of pyridine rings is 1. The second-order valence-electron chi connectivity index (χ2n) is 3.74. The summed E-state index contributed by atoms with van der Waals surface area (Å²) in [5, 5.41) is 22.4. The van der Waals surface area contributed by atoms with Gasteiger partial charge in [0.25, 0.3) is 0 Å². The van der Waals surface area contributed by atoms with Gasteiger partial charge in [-0.2, -0.15) is 5.26 Å². The van der Waals surface area contributed by atoms with Crippen molar-refractivity contribution in [3.05, 3.63) is 46.2 Å². The molecule has 0 aliphatic heterocycles. The Morgan fingerprint density at radius 1 is 1.58 bits per heavy atom. The Balaban J connectivity index is 2.16.